The van der Waals surface area contributed by atoms with E-state index in [4.69, 9.17) is 14.2 Å². The lowest BCUT2D eigenvalue weighted by molar-refractivity contribution is -0.887. The average Bonchev–Trinajstić information content (AvgIpc) is 3.06. The van der Waals surface area contributed by atoms with Crippen LogP contribution in [0.3, 0.4) is 0 Å². The summed E-state index contributed by atoms with van der Waals surface area (Å²) >= 11 is 0. The van der Waals surface area contributed by atoms with Crippen molar-refractivity contribution in [1.82, 2.24) is 0 Å². The molecule has 2 atom stereocenters. The zero-order chi connectivity index (χ0) is 37.1. The van der Waals surface area contributed by atoms with Crippen LogP contribution in [0.2, 0.25) is 0 Å². The van der Waals surface area contributed by atoms with E-state index in [1.165, 1.54) is 64.2 Å². The van der Waals surface area contributed by atoms with Crippen LogP contribution in [0.5, 0.6) is 0 Å². The number of carbonyl (C=O) groups excluding carboxylic acids is 2. The number of carboxylic acids is 1. The van der Waals surface area contributed by atoms with Crippen LogP contribution >= 0.6 is 0 Å². The minimum absolute atomic E-state index is 0.0453. The maximum absolute atomic E-state index is 12.6. The summed E-state index contributed by atoms with van der Waals surface area (Å²) in [6, 6.07) is -0.621. The standard InChI is InChI=1S/C42H73NO7/c1-6-8-10-12-14-16-18-20-22-24-26-28-30-32-40(44)49-37-38(36-48-35-34-39(42(46)47)43(3,4)5)50-41(45)33-31-29-27-25-23-21-19-17-15-13-11-9-7-2/h9,11,13,15,17,19,21,23,38-39H,6-8,10,12,14,16,18,20,22,24-37H2,1-5H3/p+1/b11-9+,15-13+,19-17+,23-21+. The third-order valence-corrected chi connectivity index (χ3v) is 8.59. The molecule has 0 aromatic heterocycles. The number of allylic oxidation sites excluding steroid dienone is 8. The van der Waals surface area contributed by atoms with Crippen LogP contribution in [0.25, 0.3) is 0 Å². The fourth-order valence-corrected chi connectivity index (χ4v) is 5.51. The van der Waals surface area contributed by atoms with Crippen molar-refractivity contribution >= 4 is 17.9 Å². The lowest BCUT2D eigenvalue weighted by atomic mass is 10.0. The molecule has 0 aromatic carbocycles. The van der Waals surface area contributed by atoms with E-state index in [0.29, 0.717) is 19.3 Å². The first-order valence-corrected chi connectivity index (χ1v) is 19.7. The van der Waals surface area contributed by atoms with Crippen molar-refractivity contribution in [3.8, 4) is 0 Å². The maximum Gasteiger partial charge on any atom is 0.362 e. The molecule has 0 aliphatic heterocycles. The fourth-order valence-electron chi connectivity index (χ4n) is 5.51. The molecule has 0 rings (SSSR count). The first-order chi connectivity index (χ1) is 24.1. The lowest BCUT2D eigenvalue weighted by Gasteiger charge is -2.31. The number of hydrogen-bond acceptors (Lipinski definition) is 6. The van der Waals surface area contributed by atoms with E-state index >= 15 is 0 Å². The van der Waals surface area contributed by atoms with Gasteiger partial charge in [-0.05, 0) is 32.1 Å². The van der Waals surface area contributed by atoms with Crippen LogP contribution in [0, 0.1) is 0 Å². The summed E-state index contributed by atoms with van der Waals surface area (Å²) in [4.78, 5) is 36.8. The molecule has 288 valence electrons. The number of unbranched alkanes of at least 4 members (excludes halogenated alkanes) is 15. The molecule has 0 heterocycles. The van der Waals surface area contributed by atoms with Crippen LogP contribution in [0.4, 0.5) is 0 Å². The summed E-state index contributed by atoms with van der Waals surface area (Å²) in [6.45, 7) is 4.54. The Morgan fingerprint density at radius 1 is 0.620 bits per heavy atom. The Balaban J connectivity index is 4.48. The molecule has 0 aromatic rings. The molecular weight excluding hydrogens is 630 g/mol. The molecule has 0 fully saturated rings. The highest BCUT2D eigenvalue weighted by atomic mass is 16.6. The highest BCUT2D eigenvalue weighted by Gasteiger charge is 2.31. The van der Waals surface area contributed by atoms with Gasteiger partial charge in [0.05, 0.1) is 34.4 Å². The Bertz CT molecular complexity index is 964. The van der Waals surface area contributed by atoms with E-state index in [9.17, 15) is 19.5 Å². The number of carbonyl (C=O) groups is 3. The molecule has 0 aliphatic carbocycles. The third-order valence-electron chi connectivity index (χ3n) is 8.59. The van der Waals surface area contributed by atoms with Crippen molar-refractivity contribution in [2.45, 2.75) is 161 Å². The van der Waals surface area contributed by atoms with Crippen LogP contribution < -0.4 is 0 Å². The van der Waals surface area contributed by atoms with Gasteiger partial charge in [-0.1, -0.05) is 146 Å². The van der Waals surface area contributed by atoms with Gasteiger partial charge in [-0.25, -0.2) is 4.79 Å². The van der Waals surface area contributed by atoms with Crippen molar-refractivity contribution < 1.29 is 38.2 Å². The zero-order valence-electron chi connectivity index (χ0n) is 32.6. The second kappa shape index (κ2) is 33.4. The number of aliphatic carboxylic acids is 1. The Morgan fingerprint density at radius 2 is 1.12 bits per heavy atom. The number of rotatable bonds is 34. The second-order valence-corrected chi connectivity index (χ2v) is 14.3. The number of hydrogen-bond donors (Lipinski definition) is 1. The van der Waals surface area contributed by atoms with Crippen molar-refractivity contribution in [1.29, 1.82) is 0 Å². The van der Waals surface area contributed by atoms with Gasteiger partial charge < -0.3 is 23.8 Å². The molecule has 50 heavy (non-hydrogen) atoms. The van der Waals surface area contributed by atoms with Gasteiger partial charge in [-0.2, -0.15) is 0 Å². The van der Waals surface area contributed by atoms with Gasteiger partial charge in [-0.3, -0.25) is 9.59 Å². The van der Waals surface area contributed by atoms with Gasteiger partial charge in [0.25, 0.3) is 0 Å². The molecule has 0 radical (unpaired) electrons. The maximum atomic E-state index is 12.6. The number of nitrogens with zero attached hydrogens (tertiary/aromatic N) is 1. The normalized spacial score (nSPS) is 13.5. The number of likely N-dealkylation sites (N-methyl/N-ethyl adjacent to an activating group) is 1. The van der Waals surface area contributed by atoms with Gasteiger partial charge in [0, 0.05) is 19.3 Å². The average molecular weight is 705 g/mol. The van der Waals surface area contributed by atoms with Gasteiger partial charge >= 0.3 is 17.9 Å². The molecule has 2 unspecified atom stereocenters. The number of ether oxygens (including phenoxy) is 3. The molecule has 8 heteroatoms. The topological polar surface area (TPSA) is 99.1 Å². The second-order valence-electron chi connectivity index (χ2n) is 14.3. The molecule has 8 nitrogen and oxygen atoms in total. The molecule has 1 N–H and O–H groups in total. The Labute approximate surface area is 306 Å². The van der Waals surface area contributed by atoms with E-state index < -0.39 is 18.1 Å². The minimum Gasteiger partial charge on any atom is -0.477 e. The summed E-state index contributed by atoms with van der Waals surface area (Å²) in [5.41, 5.74) is 0. The SMILES string of the molecule is CC/C=C/C=C/C=C/C=C/CCCCCC(=O)OC(COCCC(C(=O)O)[N+](C)(C)C)COC(=O)CCCCCCCCCCCCCCC. The first kappa shape index (κ1) is 47.3. The van der Waals surface area contributed by atoms with E-state index in [1.807, 2.05) is 57.6 Å². The summed E-state index contributed by atoms with van der Waals surface area (Å²) in [7, 11) is 5.50. The molecule has 0 bridgehead atoms. The zero-order valence-corrected chi connectivity index (χ0v) is 32.6. The van der Waals surface area contributed by atoms with Crippen molar-refractivity contribution in [2.24, 2.45) is 0 Å². The smallest absolute Gasteiger partial charge is 0.362 e. The van der Waals surface area contributed by atoms with Crippen LogP contribution in [0.15, 0.2) is 48.6 Å². The highest BCUT2D eigenvalue weighted by Crippen LogP contribution is 2.14. The number of esters is 2. The predicted molar refractivity (Wildman–Crippen MR) is 206 cm³/mol. The molecule has 0 saturated carbocycles. The largest absolute Gasteiger partial charge is 0.477 e. The van der Waals surface area contributed by atoms with Crippen molar-refractivity contribution in [3.63, 3.8) is 0 Å². The minimum atomic E-state index is -0.884. The van der Waals surface area contributed by atoms with E-state index in [1.54, 1.807) is 0 Å². The van der Waals surface area contributed by atoms with Crippen LogP contribution in [0.1, 0.15) is 149 Å². The molecule has 0 aliphatic rings. The third kappa shape index (κ3) is 31.3. The van der Waals surface area contributed by atoms with E-state index in [2.05, 4.69) is 26.0 Å². The monoisotopic (exact) mass is 705 g/mol. The van der Waals surface area contributed by atoms with Crippen LogP contribution in [-0.2, 0) is 28.6 Å². The Hall–Kier alpha value is -2.71. The lowest BCUT2D eigenvalue weighted by Crippen LogP contribution is -2.50. The summed E-state index contributed by atoms with van der Waals surface area (Å²) in [5.74, 6) is -1.52. The van der Waals surface area contributed by atoms with Gasteiger partial charge in [0.2, 0.25) is 0 Å². The highest BCUT2D eigenvalue weighted by molar-refractivity contribution is 5.72. The summed E-state index contributed by atoms with van der Waals surface area (Å²) < 4.78 is 17.2. The quantitative estimate of drug-likeness (QED) is 0.0308. The Morgan fingerprint density at radius 3 is 1.66 bits per heavy atom. The van der Waals surface area contributed by atoms with Crippen molar-refractivity contribution in [3.05, 3.63) is 48.6 Å². The Kier molecular flexibility index (Phi) is 31.6. The fraction of sp³-hybridized carbons (Fsp3) is 0.738. The molecule has 0 saturated heterocycles. The molecule has 0 spiro atoms. The predicted octanol–water partition coefficient (Wildman–Crippen LogP) is 10.1. The van der Waals surface area contributed by atoms with E-state index in [0.717, 1.165) is 44.9 Å². The molecule has 0 amide bonds. The van der Waals surface area contributed by atoms with Gasteiger partial charge in [0.1, 0.15) is 6.61 Å². The van der Waals surface area contributed by atoms with Crippen molar-refractivity contribution in [2.75, 3.05) is 41.0 Å². The van der Waals surface area contributed by atoms with E-state index in [-0.39, 0.29) is 42.7 Å². The first-order valence-electron chi connectivity index (χ1n) is 19.7. The number of carboxylic acid groups (broad SMARTS) is 1. The number of quaternary nitrogens is 1. The van der Waals surface area contributed by atoms with Gasteiger partial charge in [-0.15, -0.1) is 0 Å². The summed E-state index contributed by atoms with van der Waals surface area (Å²) in [5, 5.41) is 9.58. The molecular formula is C42H74NO7+. The summed E-state index contributed by atoms with van der Waals surface area (Å²) in [6.07, 6.45) is 37.2. The van der Waals surface area contributed by atoms with Crippen LogP contribution in [-0.4, -0.2) is 80.6 Å². The van der Waals surface area contributed by atoms with Gasteiger partial charge in [0.15, 0.2) is 12.1 Å².